The second kappa shape index (κ2) is 11.5. The van der Waals surface area contributed by atoms with Crippen LogP contribution in [0.2, 0.25) is 0 Å². The Bertz CT molecular complexity index is 844. The highest BCUT2D eigenvalue weighted by Crippen LogP contribution is 2.15. The van der Waals surface area contributed by atoms with Crippen LogP contribution in [0.25, 0.3) is 10.9 Å². The van der Waals surface area contributed by atoms with Crippen LogP contribution < -0.4 is 10.6 Å². The van der Waals surface area contributed by atoms with Gasteiger partial charge in [-0.3, -0.25) is 9.98 Å². The van der Waals surface area contributed by atoms with Crippen LogP contribution in [0.3, 0.4) is 0 Å². The molecule has 27 heavy (non-hydrogen) atoms. The van der Waals surface area contributed by atoms with Crippen molar-refractivity contribution in [1.29, 1.82) is 0 Å². The maximum atomic E-state index is 4.51. The number of pyridine rings is 1. The van der Waals surface area contributed by atoms with Crippen LogP contribution >= 0.6 is 24.0 Å². The number of para-hydroxylation sites is 1. The van der Waals surface area contributed by atoms with Crippen molar-refractivity contribution in [2.24, 2.45) is 4.99 Å². The van der Waals surface area contributed by atoms with E-state index < -0.39 is 0 Å². The molecule has 0 saturated carbocycles. The summed E-state index contributed by atoms with van der Waals surface area (Å²) in [5.74, 6) is 0.853. The lowest BCUT2D eigenvalue weighted by molar-refractivity contribution is 0.739. The Morgan fingerprint density at radius 3 is 2.48 bits per heavy atom. The van der Waals surface area contributed by atoms with Crippen LogP contribution in [-0.2, 0) is 12.8 Å². The van der Waals surface area contributed by atoms with Crippen molar-refractivity contribution in [3.05, 3.63) is 78.0 Å². The minimum Gasteiger partial charge on any atom is -0.356 e. The fraction of sp³-hybridized carbons (Fsp3) is 0.273. The summed E-state index contributed by atoms with van der Waals surface area (Å²) in [6.45, 7) is 1.73. The minimum atomic E-state index is 0. The summed E-state index contributed by atoms with van der Waals surface area (Å²) in [6.07, 6.45) is 4.93. The number of aryl methyl sites for hydroxylation is 1. The molecule has 1 aromatic heterocycles. The molecule has 0 unspecified atom stereocenters. The van der Waals surface area contributed by atoms with Crippen LogP contribution in [-0.4, -0.2) is 31.1 Å². The van der Waals surface area contributed by atoms with Crippen LogP contribution in [0.15, 0.2) is 71.9 Å². The lowest BCUT2D eigenvalue weighted by Gasteiger charge is -2.12. The zero-order valence-corrected chi connectivity index (χ0v) is 18.0. The van der Waals surface area contributed by atoms with E-state index in [9.17, 15) is 0 Å². The molecule has 0 saturated heterocycles. The number of guanidine groups is 1. The lowest BCUT2D eigenvalue weighted by Crippen LogP contribution is -2.38. The lowest BCUT2D eigenvalue weighted by atomic mass is 10.1. The van der Waals surface area contributed by atoms with Gasteiger partial charge in [0.2, 0.25) is 0 Å². The van der Waals surface area contributed by atoms with Gasteiger partial charge in [0.1, 0.15) is 0 Å². The van der Waals surface area contributed by atoms with Gasteiger partial charge in [0.05, 0.1) is 5.52 Å². The molecule has 0 fully saturated rings. The van der Waals surface area contributed by atoms with Gasteiger partial charge >= 0.3 is 0 Å². The Morgan fingerprint density at radius 2 is 1.67 bits per heavy atom. The topological polar surface area (TPSA) is 49.3 Å². The standard InChI is InChI=1S/C22H26N4.HI/c1-23-22(25-16-6-10-18-8-3-2-4-9-18)26-17-14-20-12-5-11-19-13-7-15-24-21(19)20;/h2-5,7-9,11-13,15H,6,10,14,16-17H2,1H3,(H2,23,25,26);1H. The van der Waals surface area contributed by atoms with Gasteiger partial charge in [-0.1, -0.05) is 54.6 Å². The zero-order chi connectivity index (χ0) is 18.0. The predicted octanol–water partition coefficient (Wildman–Crippen LogP) is 4.19. The molecule has 5 heteroatoms. The number of hydrogen-bond acceptors (Lipinski definition) is 2. The number of nitrogens with one attached hydrogen (secondary N) is 2. The molecule has 4 nitrogen and oxygen atoms in total. The average molecular weight is 474 g/mol. The smallest absolute Gasteiger partial charge is 0.190 e. The second-order valence-electron chi connectivity index (χ2n) is 6.26. The highest BCUT2D eigenvalue weighted by atomic mass is 127. The second-order valence-corrected chi connectivity index (χ2v) is 6.26. The number of halogens is 1. The molecule has 1 heterocycles. The fourth-order valence-corrected chi connectivity index (χ4v) is 3.05. The molecule has 2 N–H and O–H groups in total. The molecule has 0 aliphatic rings. The van der Waals surface area contributed by atoms with Gasteiger partial charge in [0.25, 0.3) is 0 Å². The van der Waals surface area contributed by atoms with E-state index in [2.05, 4.69) is 75.2 Å². The molecular formula is C22H27IN4. The SMILES string of the molecule is CN=C(NCCCc1ccccc1)NCCc1cccc2cccnc12.I. The van der Waals surface area contributed by atoms with Crippen LogP contribution in [0, 0.1) is 0 Å². The summed E-state index contributed by atoms with van der Waals surface area (Å²) in [7, 11) is 1.81. The van der Waals surface area contributed by atoms with Crippen LogP contribution in [0.4, 0.5) is 0 Å². The van der Waals surface area contributed by atoms with Gasteiger partial charge in [-0.25, -0.2) is 0 Å². The van der Waals surface area contributed by atoms with Crippen molar-refractivity contribution in [1.82, 2.24) is 15.6 Å². The first-order valence-electron chi connectivity index (χ1n) is 9.18. The monoisotopic (exact) mass is 474 g/mol. The van der Waals surface area contributed by atoms with Gasteiger partial charge in [-0.15, -0.1) is 24.0 Å². The summed E-state index contributed by atoms with van der Waals surface area (Å²) in [6, 6.07) is 21.0. The molecule has 3 aromatic rings. The molecule has 0 spiro atoms. The Kier molecular flexibility index (Phi) is 9.04. The number of benzene rings is 2. The summed E-state index contributed by atoms with van der Waals surface area (Å²) >= 11 is 0. The van der Waals surface area contributed by atoms with Gasteiger partial charge < -0.3 is 10.6 Å². The maximum Gasteiger partial charge on any atom is 0.190 e. The first kappa shape index (κ1) is 21.2. The Morgan fingerprint density at radius 1 is 0.889 bits per heavy atom. The van der Waals surface area contributed by atoms with Crippen molar-refractivity contribution < 1.29 is 0 Å². The van der Waals surface area contributed by atoms with Crippen molar-refractivity contribution in [2.45, 2.75) is 19.3 Å². The maximum absolute atomic E-state index is 4.51. The van der Waals surface area contributed by atoms with E-state index in [1.165, 1.54) is 16.5 Å². The molecule has 3 rings (SSSR count). The molecule has 0 bridgehead atoms. The van der Waals surface area contributed by atoms with E-state index in [0.29, 0.717) is 0 Å². The van der Waals surface area contributed by atoms with E-state index >= 15 is 0 Å². The van der Waals surface area contributed by atoms with Crippen molar-refractivity contribution in [2.75, 3.05) is 20.1 Å². The summed E-state index contributed by atoms with van der Waals surface area (Å²) in [5.41, 5.74) is 3.72. The average Bonchev–Trinajstić information content (AvgIpc) is 2.70. The molecule has 0 amide bonds. The Hall–Kier alpha value is -2.15. The third kappa shape index (κ3) is 6.50. The third-order valence-corrected chi connectivity index (χ3v) is 4.40. The van der Waals surface area contributed by atoms with Crippen LogP contribution in [0.1, 0.15) is 17.5 Å². The molecule has 0 aliphatic carbocycles. The molecule has 0 radical (unpaired) electrons. The quantitative estimate of drug-likeness (QED) is 0.234. The number of nitrogens with zero attached hydrogens (tertiary/aromatic N) is 2. The van der Waals surface area contributed by atoms with Crippen LogP contribution in [0.5, 0.6) is 0 Å². The van der Waals surface area contributed by atoms with Gasteiger partial charge in [0.15, 0.2) is 5.96 Å². The van der Waals surface area contributed by atoms with Gasteiger partial charge in [0, 0.05) is 31.7 Å². The largest absolute Gasteiger partial charge is 0.356 e. The molecular weight excluding hydrogens is 447 g/mol. The van der Waals surface area contributed by atoms with E-state index in [4.69, 9.17) is 0 Å². The number of rotatable bonds is 7. The van der Waals surface area contributed by atoms with E-state index in [1.807, 2.05) is 19.3 Å². The Labute approximate surface area is 178 Å². The van der Waals surface area contributed by atoms with Gasteiger partial charge in [-0.05, 0) is 36.5 Å². The normalized spacial score (nSPS) is 11.1. The Balaban J connectivity index is 0.00000261. The number of hydrogen-bond donors (Lipinski definition) is 2. The highest BCUT2D eigenvalue weighted by molar-refractivity contribution is 14.0. The van der Waals surface area contributed by atoms with E-state index in [1.54, 1.807) is 0 Å². The summed E-state index contributed by atoms with van der Waals surface area (Å²) in [4.78, 5) is 8.82. The van der Waals surface area contributed by atoms with Gasteiger partial charge in [-0.2, -0.15) is 0 Å². The van der Waals surface area contributed by atoms with Crippen molar-refractivity contribution in [3.63, 3.8) is 0 Å². The number of aromatic nitrogens is 1. The van der Waals surface area contributed by atoms with Crippen molar-refractivity contribution >= 4 is 40.8 Å². The van der Waals surface area contributed by atoms with E-state index in [0.717, 1.165) is 43.8 Å². The highest BCUT2D eigenvalue weighted by Gasteiger charge is 2.03. The number of aliphatic imine (C=N–C) groups is 1. The number of fused-ring (bicyclic) bond motifs is 1. The summed E-state index contributed by atoms with van der Waals surface area (Å²) < 4.78 is 0. The molecule has 0 aliphatic heterocycles. The molecule has 2 aromatic carbocycles. The third-order valence-electron chi connectivity index (χ3n) is 4.40. The molecule has 142 valence electrons. The predicted molar refractivity (Wildman–Crippen MR) is 125 cm³/mol. The first-order chi connectivity index (χ1) is 12.9. The summed E-state index contributed by atoms with van der Waals surface area (Å²) in [5, 5.41) is 7.97. The molecule has 0 atom stereocenters. The zero-order valence-electron chi connectivity index (χ0n) is 15.7. The first-order valence-corrected chi connectivity index (χ1v) is 9.18. The van der Waals surface area contributed by atoms with Crippen molar-refractivity contribution in [3.8, 4) is 0 Å². The fourth-order valence-electron chi connectivity index (χ4n) is 3.05. The minimum absolute atomic E-state index is 0. The van der Waals surface area contributed by atoms with E-state index in [-0.39, 0.29) is 24.0 Å².